The van der Waals surface area contributed by atoms with Crippen LogP contribution in [0.3, 0.4) is 0 Å². The maximum absolute atomic E-state index is 11.6. The number of rotatable bonds is 0. The highest BCUT2D eigenvalue weighted by atomic mass is 31.2. The molecule has 0 N–H and O–H groups in total. The Hall–Kier alpha value is -0.210. The standard InChI is InChI=1S/C8H13OP/c1-4-8-5-7(2)10(3,9)6-8/h1,7-8H,5-6H2,2-3H3. The number of terminal acetylenes is 1. The third kappa shape index (κ3) is 1.27. The first-order valence-corrected chi connectivity index (χ1v) is 5.99. The summed E-state index contributed by atoms with van der Waals surface area (Å²) in [6.07, 6.45) is 6.98. The summed E-state index contributed by atoms with van der Waals surface area (Å²) in [4.78, 5) is 0. The molecule has 0 aromatic rings. The molecular weight excluding hydrogens is 143 g/mol. The van der Waals surface area contributed by atoms with Crippen LogP contribution in [-0.2, 0) is 4.57 Å². The molecule has 0 saturated carbocycles. The first-order chi connectivity index (χ1) is 4.56. The van der Waals surface area contributed by atoms with E-state index in [9.17, 15) is 4.57 Å². The Labute approximate surface area is 62.6 Å². The van der Waals surface area contributed by atoms with Crippen LogP contribution in [0.25, 0.3) is 0 Å². The Morgan fingerprint density at radius 1 is 1.70 bits per heavy atom. The predicted octanol–water partition coefficient (Wildman–Crippen LogP) is 2.02. The lowest BCUT2D eigenvalue weighted by Crippen LogP contribution is -1.94. The molecule has 0 amide bonds. The Bertz CT molecular complexity index is 214. The zero-order valence-corrected chi connectivity index (χ0v) is 7.40. The van der Waals surface area contributed by atoms with E-state index >= 15 is 0 Å². The van der Waals surface area contributed by atoms with Crippen LogP contribution in [0.4, 0.5) is 0 Å². The highest BCUT2D eigenvalue weighted by Gasteiger charge is 2.35. The number of hydrogen-bond acceptors (Lipinski definition) is 1. The van der Waals surface area contributed by atoms with Crippen LogP contribution in [0, 0.1) is 18.3 Å². The molecule has 3 atom stereocenters. The van der Waals surface area contributed by atoms with E-state index in [-0.39, 0.29) is 5.92 Å². The molecule has 0 aliphatic carbocycles. The van der Waals surface area contributed by atoms with E-state index in [2.05, 4.69) is 5.92 Å². The zero-order valence-electron chi connectivity index (χ0n) is 6.50. The van der Waals surface area contributed by atoms with Crippen LogP contribution in [-0.4, -0.2) is 18.5 Å². The minimum atomic E-state index is -1.85. The van der Waals surface area contributed by atoms with Gasteiger partial charge >= 0.3 is 0 Å². The van der Waals surface area contributed by atoms with Crippen molar-refractivity contribution < 1.29 is 4.57 Å². The van der Waals surface area contributed by atoms with Crippen molar-refractivity contribution in [2.45, 2.75) is 19.0 Å². The Kier molecular flexibility index (Phi) is 1.92. The van der Waals surface area contributed by atoms with Gasteiger partial charge in [-0.05, 0) is 13.1 Å². The lowest BCUT2D eigenvalue weighted by molar-refractivity contribution is 0.576. The second kappa shape index (κ2) is 2.44. The van der Waals surface area contributed by atoms with Gasteiger partial charge in [0.15, 0.2) is 0 Å². The molecule has 0 radical (unpaired) electrons. The molecule has 1 saturated heterocycles. The molecule has 1 nitrogen and oxygen atoms in total. The van der Waals surface area contributed by atoms with E-state index in [0.717, 1.165) is 12.6 Å². The van der Waals surface area contributed by atoms with Gasteiger partial charge in [0.25, 0.3) is 0 Å². The summed E-state index contributed by atoms with van der Waals surface area (Å²) in [6, 6.07) is 0. The molecule has 10 heavy (non-hydrogen) atoms. The van der Waals surface area contributed by atoms with Crippen molar-refractivity contribution in [2.75, 3.05) is 12.8 Å². The summed E-state index contributed by atoms with van der Waals surface area (Å²) in [5, 5.41) is 0. The topological polar surface area (TPSA) is 17.1 Å². The third-order valence-corrected chi connectivity index (χ3v) is 5.62. The molecule has 1 aliphatic heterocycles. The average molecular weight is 156 g/mol. The van der Waals surface area contributed by atoms with E-state index in [4.69, 9.17) is 6.42 Å². The van der Waals surface area contributed by atoms with Crippen LogP contribution in [0.5, 0.6) is 0 Å². The summed E-state index contributed by atoms with van der Waals surface area (Å²) < 4.78 is 11.6. The minimum absolute atomic E-state index is 0.283. The van der Waals surface area contributed by atoms with Crippen molar-refractivity contribution in [3.8, 4) is 12.3 Å². The van der Waals surface area contributed by atoms with Crippen LogP contribution in [0.15, 0.2) is 0 Å². The van der Waals surface area contributed by atoms with Gasteiger partial charge < -0.3 is 4.57 Å². The van der Waals surface area contributed by atoms with Crippen LogP contribution in [0.1, 0.15) is 13.3 Å². The summed E-state index contributed by atoms with van der Waals surface area (Å²) in [6.45, 7) is 3.91. The van der Waals surface area contributed by atoms with E-state index in [1.165, 1.54) is 0 Å². The monoisotopic (exact) mass is 156 g/mol. The summed E-state index contributed by atoms with van der Waals surface area (Å²) in [5.41, 5.74) is 0.355. The Morgan fingerprint density at radius 2 is 2.30 bits per heavy atom. The second-order valence-corrected chi connectivity index (χ2v) is 6.90. The smallest absolute Gasteiger partial charge is 0.0887 e. The Morgan fingerprint density at radius 3 is 2.50 bits per heavy atom. The lowest BCUT2D eigenvalue weighted by Gasteiger charge is -2.07. The highest BCUT2D eigenvalue weighted by Crippen LogP contribution is 2.56. The van der Waals surface area contributed by atoms with Crippen LogP contribution < -0.4 is 0 Å². The van der Waals surface area contributed by atoms with Gasteiger partial charge in [0.05, 0.1) is 7.14 Å². The SMILES string of the molecule is C#CC1CC(C)P(C)(=O)C1. The van der Waals surface area contributed by atoms with Crippen molar-refractivity contribution in [3.05, 3.63) is 0 Å². The summed E-state index contributed by atoms with van der Waals surface area (Å²) >= 11 is 0. The van der Waals surface area contributed by atoms with Crippen molar-refractivity contribution in [1.82, 2.24) is 0 Å². The molecule has 0 bridgehead atoms. The van der Waals surface area contributed by atoms with Gasteiger partial charge in [0.1, 0.15) is 0 Å². The second-order valence-electron chi connectivity index (χ2n) is 3.30. The maximum Gasteiger partial charge on any atom is 0.0887 e. The summed E-state index contributed by atoms with van der Waals surface area (Å²) in [5.74, 6) is 2.96. The molecule has 3 unspecified atom stereocenters. The fourth-order valence-electron chi connectivity index (χ4n) is 1.45. The van der Waals surface area contributed by atoms with Gasteiger partial charge in [-0.1, -0.05) is 6.92 Å². The minimum Gasteiger partial charge on any atom is -0.324 e. The molecule has 56 valence electrons. The average Bonchev–Trinajstić information content (AvgIpc) is 2.08. The predicted molar refractivity (Wildman–Crippen MR) is 44.8 cm³/mol. The number of hydrogen-bond donors (Lipinski definition) is 0. The molecule has 0 spiro atoms. The maximum atomic E-state index is 11.6. The van der Waals surface area contributed by atoms with Gasteiger partial charge in [0.2, 0.25) is 0 Å². The van der Waals surface area contributed by atoms with Gasteiger partial charge in [0, 0.05) is 17.7 Å². The van der Waals surface area contributed by atoms with Gasteiger partial charge in [-0.25, -0.2) is 0 Å². The molecule has 1 rings (SSSR count). The molecule has 1 heterocycles. The van der Waals surface area contributed by atoms with Gasteiger partial charge in [-0.15, -0.1) is 12.3 Å². The van der Waals surface area contributed by atoms with Crippen molar-refractivity contribution >= 4 is 7.14 Å². The van der Waals surface area contributed by atoms with Gasteiger partial charge in [-0.2, -0.15) is 0 Å². The van der Waals surface area contributed by atoms with E-state index in [1.54, 1.807) is 0 Å². The highest BCUT2D eigenvalue weighted by molar-refractivity contribution is 7.64. The van der Waals surface area contributed by atoms with Crippen LogP contribution >= 0.6 is 7.14 Å². The normalized spacial score (nSPS) is 46.9. The van der Waals surface area contributed by atoms with Crippen molar-refractivity contribution in [2.24, 2.45) is 5.92 Å². The summed E-state index contributed by atoms with van der Waals surface area (Å²) in [7, 11) is -1.85. The largest absolute Gasteiger partial charge is 0.324 e. The lowest BCUT2D eigenvalue weighted by atomic mass is 10.1. The molecule has 2 heteroatoms. The molecule has 1 aliphatic rings. The molecule has 1 fully saturated rings. The molecule has 0 aromatic heterocycles. The van der Waals surface area contributed by atoms with Crippen molar-refractivity contribution in [3.63, 3.8) is 0 Å². The molecule has 0 aromatic carbocycles. The van der Waals surface area contributed by atoms with Gasteiger partial charge in [-0.3, -0.25) is 0 Å². The van der Waals surface area contributed by atoms with E-state index < -0.39 is 7.14 Å². The van der Waals surface area contributed by atoms with Crippen LogP contribution in [0.2, 0.25) is 0 Å². The quantitative estimate of drug-likeness (QED) is 0.387. The fraction of sp³-hybridized carbons (Fsp3) is 0.750. The van der Waals surface area contributed by atoms with E-state index in [0.29, 0.717) is 5.66 Å². The first-order valence-electron chi connectivity index (χ1n) is 3.58. The first kappa shape index (κ1) is 7.89. The Balaban J connectivity index is 2.73. The van der Waals surface area contributed by atoms with Crippen molar-refractivity contribution in [1.29, 1.82) is 0 Å². The fourth-order valence-corrected chi connectivity index (χ4v) is 3.64. The third-order valence-electron chi connectivity index (χ3n) is 2.38. The van der Waals surface area contributed by atoms with E-state index in [1.807, 2.05) is 13.6 Å². The molecular formula is C8H13OP. The zero-order chi connectivity index (χ0) is 7.78.